The highest BCUT2D eigenvalue weighted by Crippen LogP contribution is 2.30. The fraction of sp³-hybridized carbons (Fsp3) is 0.429. The average Bonchev–Trinajstić information content (AvgIpc) is 3.39. The van der Waals surface area contributed by atoms with E-state index in [0.717, 1.165) is 0 Å². The fourth-order valence-electron chi connectivity index (χ4n) is 3.72. The van der Waals surface area contributed by atoms with E-state index in [-0.39, 0.29) is 37.6 Å². The van der Waals surface area contributed by atoms with Gasteiger partial charge in [-0.05, 0) is 37.1 Å². The van der Waals surface area contributed by atoms with E-state index < -0.39 is 33.9 Å². The molecule has 0 spiro atoms. The van der Waals surface area contributed by atoms with Crippen LogP contribution in [0.5, 0.6) is 0 Å². The maximum absolute atomic E-state index is 14.8. The van der Waals surface area contributed by atoms with Crippen molar-refractivity contribution in [2.24, 2.45) is 0 Å². The molecule has 4 rings (SSSR count). The van der Waals surface area contributed by atoms with Gasteiger partial charge in [0.15, 0.2) is 9.84 Å². The molecule has 0 bridgehead atoms. The minimum Gasteiger partial charge on any atom is -0.443 e. The summed E-state index contributed by atoms with van der Waals surface area (Å²) in [6, 6.07) is 4.40. The summed E-state index contributed by atoms with van der Waals surface area (Å²) < 4.78 is 49.8. The largest absolute Gasteiger partial charge is 0.443 e. The molecule has 2 aliphatic rings. The molecule has 2 amide bonds. The van der Waals surface area contributed by atoms with Gasteiger partial charge in [-0.1, -0.05) is 11.3 Å². The minimum absolute atomic E-state index is 0.0117. The van der Waals surface area contributed by atoms with Crippen LogP contribution in [-0.4, -0.2) is 66.3 Å². The molecule has 0 unspecified atom stereocenters. The lowest BCUT2D eigenvalue weighted by atomic mass is 10.0. The summed E-state index contributed by atoms with van der Waals surface area (Å²) in [5.41, 5.74) is 1.74. The minimum atomic E-state index is -3.11. The molecule has 1 aromatic heterocycles. The van der Waals surface area contributed by atoms with Gasteiger partial charge >= 0.3 is 12.2 Å². The van der Waals surface area contributed by atoms with Crippen LogP contribution in [0.1, 0.15) is 24.6 Å². The van der Waals surface area contributed by atoms with E-state index in [1.807, 2.05) is 0 Å². The molecule has 1 fully saturated rings. The lowest BCUT2D eigenvalue weighted by molar-refractivity contribution is 0.129. The second-order valence-corrected chi connectivity index (χ2v) is 10.1. The van der Waals surface area contributed by atoms with Gasteiger partial charge in [-0.15, -0.1) is 5.10 Å². The van der Waals surface area contributed by atoms with Crippen molar-refractivity contribution < 1.29 is 31.9 Å². The summed E-state index contributed by atoms with van der Waals surface area (Å²) in [5, 5.41) is 10.4. The third-order valence-electron chi connectivity index (χ3n) is 5.40. The van der Waals surface area contributed by atoms with Crippen LogP contribution < -0.4 is 10.2 Å². The molecule has 1 N–H and O–H groups in total. The van der Waals surface area contributed by atoms with Gasteiger partial charge in [0.1, 0.15) is 24.2 Å². The van der Waals surface area contributed by atoms with Gasteiger partial charge in [0.25, 0.3) is 0 Å². The number of carbonyl (C=O) groups excluding carboxylic acids is 2. The Morgan fingerprint density at radius 1 is 1.38 bits per heavy atom. The van der Waals surface area contributed by atoms with Gasteiger partial charge in [-0.3, -0.25) is 4.90 Å². The SMILES string of the molecule is CCNC(=O)OCc1cn(C[C@H]2CN(c3ccc(C4=CCS(=O)(=O)CC4)c(F)c3)C(=O)O2)nn1. The zero-order valence-electron chi connectivity index (χ0n) is 18.4. The van der Waals surface area contributed by atoms with Crippen molar-refractivity contribution in [1.29, 1.82) is 0 Å². The quantitative estimate of drug-likeness (QED) is 0.618. The van der Waals surface area contributed by atoms with Crippen LogP contribution in [0.2, 0.25) is 0 Å². The van der Waals surface area contributed by atoms with Gasteiger partial charge in [-0.2, -0.15) is 0 Å². The molecule has 0 radical (unpaired) electrons. The zero-order chi connectivity index (χ0) is 24.3. The topological polar surface area (TPSA) is 133 Å². The Bertz CT molecular complexity index is 1230. The van der Waals surface area contributed by atoms with E-state index >= 15 is 0 Å². The van der Waals surface area contributed by atoms with E-state index in [1.165, 1.54) is 21.7 Å². The van der Waals surface area contributed by atoms with Crippen LogP contribution in [0.4, 0.5) is 19.7 Å². The number of aromatic nitrogens is 3. The summed E-state index contributed by atoms with van der Waals surface area (Å²) >= 11 is 0. The molecule has 1 aromatic carbocycles. The molecule has 3 heterocycles. The fourth-order valence-corrected chi connectivity index (χ4v) is 4.87. The summed E-state index contributed by atoms with van der Waals surface area (Å²) in [6.07, 6.45) is 1.66. The van der Waals surface area contributed by atoms with Gasteiger partial charge < -0.3 is 14.8 Å². The number of nitrogens with zero attached hydrogens (tertiary/aromatic N) is 4. The number of benzene rings is 1. The maximum Gasteiger partial charge on any atom is 0.414 e. The predicted octanol–water partition coefficient (Wildman–Crippen LogP) is 1.89. The highest BCUT2D eigenvalue weighted by molar-refractivity contribution is 7.91. The highest BCUT2D eigenvalue weighted by atomic mass is 32.2. The van der Waals surface area contributed by atoms with Crippen molar-refractivity contribution in [3.63, 3.8) is 0 Å². The van der Waals surface area contributed by atoms with Gasteiger partial charge in [-0.25, -0.2) is 27.1 Å². The number of anilines is 1. The molecule has 182 valence electrons. The first-order chi connectivity index (χ1) is 16.2. The van der Waals surface area contributed by atoms with Gasteiger partial charge in [0.05, 0.1) is 36.5 Å². The highest BCUT2D eigenvalue weighted by Gasteiger charge is 2.33. The number of hydrogen-bond acceptors (Lipinski definition) is 8. The Kier molecular flexibility index (Phi) is 6.82. The molecule has 11 nitrogen and oxygen atoms in total. The van der Waals surface area contributed by atoms with E-state index in [9.17, 15) is 22.4 Å². The molecule has 0 saturated carbocycles. The number of hydrogen-bond donors (Lipinski definition) is 1. The van der Waals surface area contributed by atoms with Crippen LogP contribution in [0.25, 0.3) is 5.57 Å². The molecule has 0 aliphatic carbocycles. The summed E-state index contributed by atoms with van der Waals surface area (Å²) in [6.45, 7) is 2.58. The molecule has 2 aliphatic heterocycles. The average molecular weight is 494 g/mol. The van der Waals surface area contributed by atoms with Crippen LogP contribution in [0.3, 0.4) is 0 Å². The predicted molar refractivity (Wildman–Crippen MR) is 119 cm³/mol. The molecule has 2 aromatic rings. The van der Waals surface area contributed by atoms with Crippen LogP contribution in [-0.2, 0) is 32.5 Å². The number of halogens is 1. The first-order valence-electron chi connectivity index (χ1n) is 10.7. The number of carbonyl (C=O) groups is 2. The summed E-state index contributed by atoms with van der Waals surface area (Å²) in [4.78, 5) is 25.1. The van der Waals surface area contributed by atoms with Crippen LogP contribution >= 0.6 is 0 Å². The number of rotatable bonds is 7. The lowest BCUT2D eigenvalue weighted by Crippen LogP contribution is -2.26. The first-order valence-corrected chi connectivity index (χ1v) is 12.5. The molecule has 1 saturated heterocycles. The second-order valence-electron chi connectivity index (χ2n) is 7.91. The van der Waals surface area contributed by atoms with Crippen molar-refractivity contribution >= 4 is 33.3 Å². The molecule has 13 heteroatoms. The standard InChI is InChI=1S/C21H24FN5O6S/c1-2-23-20(28)32-13-15-10-26(25-24-15)11-17-12-27(21(29)33-17)16-3-4-18(19(22)9-16)14-5-7-34(30,31)8-6-14/h3-5,9-10,17H,2,6-8,11-13H2,1H3,(H,23,28)/t17-/m0/s1. The zero-order valence-corrected chi connectivity index (χ0v) is 19.3. The van der Waals surface area contributed by atoms with Crippen molar-refractivity contribution in [3.8, 4) is 0 Å². The lowest BCUT2D eigenvalue weighted by Gasteiger charge is -2.17. The van der Waals surface area contributed by atoms with Crippen molar-refractivity contribution in [2.75, 3.05) is 29.5 Å². The molecular formula is C21H24FN5O6S. The number of ether oxygens (including phenoxy) is 2. The van der Waals surface area contributed by atoms with Crippen molar-refractivity contribution in [2.45, 2.75) is 32.6 Å². The number of sulfone groups is 1. The smallest absolute Gasteiger partial charge is 0.414 e. The normalized spacial score (nSPS) is 19.5. The van der Waals surface area contributed by atoms with Crippen molar-refractivity contribution in [3.05, 3.63) is 47.5 Å². The third-order valence-corrected chi connectivity index (χ3v) is 6.90. The Hall–Kier alpha value is -3.48. The number of nitrogens with one attached hydrogen (secondary N) is 1. The van der Waals surface area contributed by atoms with E-state index in [0.29, 0.717) is 29.1 Å². The molecular weight excluding hydrogens is 469 g/mol. The van der Waals surface area contributed by atoms with Crippen LogP contribution in [0, 0.1) is 5.82 Å². The van der Waals surface area contributed by atoms with Crippen LogP contribution in [0.15, 0.2) is 30.5 Å². The monoisotopic (exact) mass is 493 g/mol. The van der Waals surface area contributed by atoms with E-state index in [2.05, 4.69) is 15.6 Å². The van der Waals surface area contributed by atoms with Gasteiger partial charge in [0, 0.05) is 12.1 Å². The molecule has 1 atom stereocenters. The Morgan fingerprint density at radius 2 is 2.21 bits per heavy atom. The first kappa shape index (κ1) is 23.7. The van der Waals surface area contributed by atoms with E-state index in [4.69, 9.17) is 9.47 Å². The Labute approximate surface area is 195 Å². The Morgan fingerprint density at radius 3 is 2.91 bits per heavy atom. The van der Waals surface area contributed by atoms with E-state index in [1.54, 1.807) is 25.3 Å². The second kappa shape index (κ2) is 9.79. The number of allylic oxidation sites excluding steroid dienone is 1. The number of alkyl carbamates (subject to hydrolysis) is 1. The molecule has 34 heavy (non-hydrogen) atoms. The number of amides is 2. The van der Waals surface area contributed by atoms with Crippen molar-refractivity contribution in [1.82, 2.24) is 20.3 Å². The maximum atomic E-state index is 14.8. The van der Waals surface area contributed by atoms with Gasteiger partial charge in [0.2, 0.25) is 0 Å². The summed E-state index contributed by atoms with van der Waals surface area (Å²) in [5.74, 6) is -0.652. The Balaban J connectivity index is 1.37. The third kappa shape index (κ3) is 5.53. The summed E-state index contributed by atoms with van der Waals surface area (Å²) in [7, 11) is -3.11. The number of cyclic esters (lactones) is 1.